The summed E-state index contributed by atoms with van der Waals surface area (Å²) in [5.74, 6) is 0. The molecule has 0 unspecified atom stereocenters. The van der Waals surface area contributed by atoms with Crippen molar-refractivity contribution in [3.8, 4) is 11.3 Å². The quantitative estimate of drug-likeness (QED) is 0.643. The van der Waals surface area contributed by atoms with Crippen molar-refractivity contribution in [2.24, 2.45) is 0 Å². The Balaban J connectivity index is 2.23. The Hall–Kier alpha value is -2.76. The van der Waals surface area contributed by atoms with E-state index in [1.54, 1.807) is 24.4 Å². The summed E-state index contributed by atoms with van der Waals surface area (Å²) in [5, 5.41) is 11.8. The third kappa shape index (κ3) is 1.69. The predicted octanol–water partition coefficient (Wildman–Crippen LogP) is 1.23. The predicted molar refractivity (Wildman–Crippen MR) is 65.7 cm³/mol. The Bertz CT molecular complexity index is 768. The molecule has 18 heavy (non-hydrogen) atoms. The van der Waals surface area contributed by atoms with E-state index in [0.29, 0.717) is 11.3 Å². The molecule has 0 amide bonds. The molecule has 2 aromatic heterocycles. The molecule has 2 heterocycles. The lowest BCUT2D eigenvalue weighted by Gasteiger charge is -2.01. The molecule has 3 rings (SSSR count). The monoisotopic (exact) mass is 240 g/mol. The Labute approximate surface area is 101 Å². The Morgan fingerprint density at radius 1 is 1.17 bits per heavy atom. The number of rotatable bonds is 1. The maximum Gasteiger partial charge on any atom is 0.359 e. The molecule has 0 aliphatic rings. The topological polar surface area (TPSA) is 94.9 Å². The number of nitrogens with two attached hydrogens (primary N) is 1. The van der Waals surface area contributed by atoms with Crippen molar-refractivity contribution in [1.82, 2.24) is 15.4 Å². The molecule has 0 bridgehead atoms. The van der Waals surface area contributed by atoms with Crippen LogP contribution >= 0.6 is 0 Å². The minimum atomic E-state index is -0.541. The van der Waals surface area contributed by atoms with Gasteiger partial charge < -0.3 is 10.2 Å². The van der Waals surface area contributed by atoms with E-state index < -0.39 is 5.63 Å². The SMILES string of the molecule is Nc1cc2ccc(-c3ccnnn3)cc2oc1=O. The zero-order valence-electron chi connectivity index (χ0n) is 9.20. The Morgan fingerprint density at radius 3 is 2.83 bits per heavy atom. The van der Waals surface area contributed by atoms with Crippen LogP contribution in [0.2, 0.25) is 0 Å². The molecule has 88 valence electrons. The molecule has 0 aliphatic carbocycles. The molecule has 0 atom stereocenters. The van der Waals surface area contributed by atoms with Crippen molar-refractivity contribution < 1.29 is 4.42 Å². The van der Waals surface area contributed by atoms with Gasteiger partial charge in [0.25, 0.3) is 0 Å². The normalized spacial score (nSPS) is 10.7. The second kappa shape index (κ2) is 3.92. The van der Waals surface area contributed by atoms with Crippen LogP contribution in [0, 0.1) is 0 Å². The van der Waals surface area contributed by atoms with Crippen LogP contribution in [0.4, 0.5) is 5.69 Å². The van der Waals surface area contributed by atoms with E-state index in [9.17, 15) is 4.79 Å². The lowest BCUT2D eigenvalue weighted by atomic mass is 10.1. The summed E-state index contributed by atoms with van der Waals surface area (Å²) < 4.78 is 5.11. The molecular formula is C12H8N4O2. The molecule has 6 heteroatoms. The summed E-state index contributed by atoms with van der Waals surface area (Å²) >= 11 is 0. The first kappa shape index (κ1) is 10.4. The first-order valence-corrected chi connectivity index (χ1v) is 5.22. The zero-order chi connectivity index (χ0) is 12.5. The van der Waals surface area contributed by atoms with Gasteiger partial charge in [-0.25, -0.2) is 4.79 Å². The van der Waals surface area contributed by atoms with Crippen molar-refractivity contribution in [1.29, 1.82) is 0 Å². The van der Waals surface area contributed by atoms with Crippen LogP contribution < -0.4 is 11.4 Å². The third-order valence-corrected chi connectivity index (χ3v) is 2.56. The van der Waals surface area contributed by atoms with E-state index in [-0.39, 0.29) is 5.69 Å². The smallest absolute Gasteiger partial charge is 0.359 e. The molecule has 6 nitrogen and oxygen atoms in total. The van der Waals surface area contributed by atoms with E-state index >= 15 is 0 Å². The average molecular weight is 240 g/mol. The summed E-state index contributed by atoms with van der Waals surface area (Å²) in [7, 11) is 0. The number of nitrogens with zero attached hydrogens (tertiary/aromatic N) is 3. The van der Waals surface area contributed by atoms with E-state index in [2.05, 4.69) is 15.4 Å². The summed E-state index contributed by atoms with van der Waals surface area (Å²) in [6, 6.07) is 8.70. The molecule has 0 spiro atoms. The molecule has 1 aromatic carbocycles. The van der Waals surface area contributed by atoms with Gasteiger partial charge in [0.1, 0.15) is 11.3 Å². The molecular weight excluding hydrogens is 232 g/mol. The molecule has 0 radical (unpaired) electrons. The number of hydrogen-bond donors (Lipinski definition) is 1. The molecule has 2 N–H and O–H groups in total. The first-order valence-electron chi connectivity index (χ1n) is 5.22. The lowest BCUT2D eigenvalue weighted by molar-refractivity contribution is 0.564. The van der Waals surface area contributed by atoms with Gasteiger partial charge in [0.2, 0.25) is 0 Å². The molecule has 3 aromatic rings. The fourth-order valence-electron chi connectivity index (χ4n) is 1.68. The summed E-state index contributed by atoms with van der Waals surface area (Å²) in [4.78, 5) is 11.4. The standard InChI is InChI=1S/C12H8N4O2/c13-9-5-8-2-1-7(6-11(8)18-12(9)17)10-3-4-14-16-15-10/h1-6H,13H2. The van der Waals surface area contributed by atoms with Crippen LogP contribution in [-0.2, 0) is 0 Å². The number of fused-ring (bicyclic) bond motifs is 1. The highest BCUT2D eigenvalue weighted by Gasteiger charge is 2.05. The maximum atomic E-state index is 11.4. The van der Waals surface area contributed by atoms with Crippen molar-refractivity contribution in [2.75, 3.05) is 5.73 Å². The first-order chi connectivity index (χ1) is 8.74. The van der Waals surface area contributed by atoms with Crippen LogP contribution in [0.5, 0.6) is 0 Å². The van der Waals surface area contributed by atoms with Crippen molar-refractivity contribution in [2.45, 2.75) is 0 Å². The summed E-state index contributed by atoms with van der Waals surface area (Å²) in [5.41, 5.74) is 6.97. The van der Waals surface area contributed by atoms with Gasteiger partial charge in [0, 0.05) is 10.9 Å². The van der Waals surface area contributed by atoms with Crippen LogP contribution in [0.1, 0.15) is 0 Å². The minimum Gasteiger partial charge on any atom is -0.421 e. The summed E-state index contributed by atoms with van der Waals surface area (Å²) in [6.07, 6.45) is 1.55. The van der Waals surface area contributed by atoms with E-state index in [4.69, 9.17) is 10.2 Å². The maximum absolute atomic E-state index is 11.4. The number of nitrogen functional groups attached to an aromatic ring is 1. The second-order valence-corrected chi connectivity index (χ2v) is 3.75. The average Bonchev–Trinajstić information content (AvgIpc) is 2.41. The van der Waals surface area contributed by atoms with E-state index in [1.807, 2.05) is 12.1 Å². The molecule has 0 aliphatic heterocycles. The molecule has 0 fully saturated rings. The van der Waals surface area contributed by atoms with Crippen molar-refractivity contribution >= 4 is 16.7 Å². The Morgan fingerprint density at radius 2 is 2.06 bits per heavy atom. The van der Waals surface area contributed by atoms with Gasteiger partial charge in [0.15, 0.2) is 0 Å². The minimum absolute atomic E-state index is 0.0963. The number of anilines is 1. The fourth-order valence-corrected chi connectivity index (χ4v) is 1.68. The molecule has 0 saturated carbocycles. The van der Waals surface area contributed by atoms with Crippen molar-refractivity contribution in [3.63, 3.8) is 0 Å². The van der Waals surface area contributed by atoms with Crippen LogP contribution in [0.3, 0.4) is 0 Å². The second-order valence-electron chi connectivity index (χ2n) is 3.75. The van der Waals surface area contributed by atoms with Crippen LogP contribution in [0.25, 0.3) is 22.2 Å². The van der Waals surface area contributed by atoms with Gasteiger partial charge in [-0.1, -0.05) is 12.1 Å². The third-order valence-electron chi connectivity index (χ3n) is 2.56. The lowest BCUT2D eigenvalue weighted by Crippen LogP contribution is -2.05. The van der Waals surface area contributed by atoms with Gasteiger partial charge in [-0.2, -0.15) is 0 Å². The summed E-state index contributed by atoms with van der Waals surface area (Å²) in [6.45, 7) is 0. The fraction of sp³-hybridized carbons (Fsp3) is 0. The highest BCUT2D eigenvalue weighted by atomic mass is 16.4. The Kier molecular flexibility index (Phi) is 2.26. The van der Waals surface area contributed by atoms with Gasteiger partial charge in [-0.15, -0.1) is 10.2 Å². The van der Waals surface area contributed by atoms with Crippen LogP contribution in [-0.4, -0.2) is 15.4 Å². The number of benzene rings is 1. The largest absolute Gasteiger partial charge is 0.421 e. The highest BCUT2D eigenvalue weighted by Crippen LogP contribution is 2.22. The highest BCUT2D eigenvalue weighted by molar-refractivity contribution is 5.83. The van der Waals surface area contributed by atoms with Crippen LogP contribution in [0.15, 0.2) is 45.7 Å². The number of aromatic nitrogens is 3. The van der Waals surface area contributed by atoms with Gasteiger partial charge in [0.05, 0.1) is 11.9 Å². The van der Waals surface area contributed by atoms with Crippen molar-refractivity contribution in [3.05, 3.63) is 46.9 Å². The van der Waals surface area contributed by atoms with E-state index in [0.717, 1.165) is 10.9 Å². The van der Waals surface area contributed by atoms with E-state index in [1.165, 1.54) is 0 Å². The zero-order valence-corrected chi connectivity index (χ0v) is 9.20. The van der Waals surface area contributed by atoms with Gasteiger partial charge in [-0.3, -0.25) is 0 Å². The molecule has 0 saturated heterocycles. The van der Waals surface area contributed by atoms with Gasteiger partial charge in [-0.05, 0) is 23.4 Å². The number of hydrogen-bond acceptors (Lipinski definition) is 6. The van der Waals surface area contributed by atoms with Gasteiger partial charge >= 0.3 is 5.63 Å².